The largest absolute Gasteiger partial charge is 0.371 e. The van der Waals surface area contributed by atoms with Crippen LogP contribution in [-0.2, 0) is 9.47 Å². The molecule has 130 valence electrons. The summed E-state index contributed by atoms with van der Waals surface area (Å²) in [7, 11) is 0. The first-order chi connectivity index (χ1) is 11.7. The second kappa shape index (κ2) is 5.78. The van der Waals surface area contributed by atoms with Crippen LogP contribution in [0.25, 0.3) is 0 Å². The fourth-order valence-corrected chi connectivity index (χ4v) is 3.57. The molecular weight excluding hydrogens is 312 g/mol. The molecule has 4 unspecified atom stereocenters. The van der Waals surface area contributed by atoms with E-state index in [1.54, 1.807) is 31.8 Å². The third-order valence-electron chi connectivity index (χ3n) is 4.78. The highest BCUT2D eigenvalue weighted by Gasteiger charge is 2.59. The van der Waals surface area contributed by atoms with E-state index < -0.39 is 0 Å². The number of carbonyl (C=O) groups is 2. The van der Waals surface area contributed by atoms with Gasteiger partial charge in [-0.25, -0.2) is 9.59 Å². The summed E-state index contributed by atoms with van der Waals surface area (Å²) >= 11 is 0. The number of urea groups is 2. The average Bonchev–Trinajstić information content (AvgIpc) is 3.47. The van der Waals surface area contributed by atoms with Crippen LogP contribution in [0.15, 0.2) is 25.3 Å². The molecule has 0 aromatic heterocycles. The monoisotopic (exact) mass is 334 g/mol. The molecule has 24 heavy (non-hydrogen) atoms. The lowest BCUT2D eigenvalue weighted by Crippen LogP contribution is -2.48. The van der Waals surface area contributed by atoms with Gasteiger partial charge in [0, 0.05) is 13.1 Å². The Hall–Kier alpha value is -2.06. The van der Waals surface area contributed by atoms with Gasteiger partial charge in [-0.3, -0.25) is 19.6 Å². The summed E-state index contributed by atoms with van der Waals surface area (Å²) in [6, 6.07) is -0.160. The molecule has 0 aromatic rings. The lowest BCUT2D eigenvalue weighted by Gasteiger charge is -2.28. The summed E-state index contributed by atoms with van der Waals surface area (Å²) in [6.45, 7) is 10.6. The van der Waals surface area contributed by atoms with Gasteiger partial charge >= 0.3 is 12.1 Å². The van der Waals surface area contributed by atoms with Crippen LogP contribution in [0.4, 0.5) is 9.59 Å². The lowest BCUT2D eigenvalue weighted by atomic mass is 10.3. The number of fused-ring (bicyclic) bond motifs is 1. The molecule has 4 heterocycles. The third-order valence-corrected chi connectivity index (χ3v) is 4.78. The van der Waals surface area contributed by atoms with Crippen molar-refractivity contribution in [3.05, 3.63) is 25.3 Å². The summed E-state index contributed by atoms with van der Waals surface area (Å²) in [6.07, 6.45) is 2.86. The summed E-state index contributed by atoms with van der Waals surface area (Å²) < 4.78 is 10.6. The van der Waals surface area contributed by atoms with Gasteiger partial charge < -0.3 is 9.47 Å². The van der Waals surface area contributed by atoms with Crippen LogP contribution < -0.4 is 0 Å². The van der Waals surface area contributed by atoms with E-state index in [0.717, 1.165) is 0 Å². The number of epoxide rings is 2. The van der Waals surface area contributed by atoms with Crippen molar-refractivity contribution in [2.45, 2.75) is 24.5 Å². The topological polar surface area (TPSA) is 72.2 Å². The molecule has 0 bridgehead atoms. The molecular formula is C16H22N4O4. The molecule has 4 fully saturated rings. The molecule has 0 aliphatic carbocycles. The standard InChI is InChI=1S/C16H22N4O4/c1-3-5-17-13-14(18(6-4-2)15(17)21)20(8-12-10-24-12)16(22)19(13)7-11-9-23-11/h3-4,11-14H,1-2,5-10H2. The van der Waals surface area contributed by atoms with Crippen molar-refractivity contribution in [2.75, 3.05) is 39.4 Å². The molecule has 0 aromatic carbocycles. The van der Waals surface area contributed by atoms with Crippen molar-refractivity contribution in [2.24, 2.45) is 0 Å². The van der Waals surface area contributed by atoms with Crippen LogP contribution in [0, 0.1) is 0 Å². The summed E-state index contributed by atoms with van der Waals surface area (Å²) in [5.41, 5.74) is 0. The fourth-order valence-electron chi connectivity index (χ4n) is 3.57. The van der Waals surface area contributed by atoms with Gasteiger partial charge in [0.15, 0.2) is 0 Å². The minimum absolute atomic E-state index is 0.0633. The molecule has 4 aliphatic rings. The van der Waals surface area contributed by atoms with Crippen molar-refractivity contribution in [1.29, 1.82) is 0 Å². The number of hydrogen-bond acceptors (Lipinski definition) is 4. The van der Waals surface area contributed by atoms with Crippen LogP contribution in [0.5, 0.6) is 0 Å². The van der Waals surface area contributed by atoms with Crippen molar-refractivity contribution in [3.63, 3.8) is 0 Å². The van der Waals surface area contributed by atoms with E-state index in [4.69, 9.17) is 9.47 Å². The van der Waals surface area contributed by atoms with Crippen molar-refractivity contribution in [3.8, 4) is 0 Å². The quantitative estimate of drug-likeness (QED) is 0.472. The Balaban J connectivity index is 1.66. The number of hydrogen-bond donors (Lipinski definition) is 0. The number of amides is 4. The molecule has 8 heteroatoms. The second-order valence-corrected chi connectivity index (χ2v) is 6.49. The zero-order valence-corrected chi connectivity index (χ0v) is 13.5. The molecule has 8 nitrogen and oxygen atoms in total. The van der Waals surface area contributed by atoms with Crippen LogP contribution in [0.2, 0.25) is 0 Å². The zero-order valence-electron chi connectivity index (χ0n) is 13.5. The Bertz CT molecular complexity index is 528. The van der Waals surface area contributed by atoms with Crippen molar-refractivity contribution >= 4 is 12.1 Å². The van der Waals surface area contributed by atoms with E-state index in [1.165, 1.54) is 0 Å². The molecule has 0 saturated carbocycles. The smallest absolute Gasteiger partial charge is 0.324 e. The van der Waals surface area contributed by atoms with E-state index >= 15 is 0 Å². The molecule has 4 saturated heterocycles. The van der Waals surface area contributed by atoms with Gasteiger partial charge in [0.2, 0.25) is 0 Å². The van der Waals surface area contributed by atoms with Gasteiger partial charge in [0.25, 0.3) is 0 Å². The highest BCUT2D eigenvalue weighted by molar-refractivity contribution is 5.85. The highest BCUT2D eigenvalue weighted by atomic mass is 16.6. The Morgan fingerprint density at radius 2 is 1.21 bits per heavy atom. The first-order valence-corrected chi connectivity index (χ1v) is 8.25. The summed E-state index contributed by atoms with van der Waals surface area (Å²) in [5, 5.41) is 0. The van der Waals surface area contributed by atoms with Gasteiger partial charge in [-0.2, -0.15) is 0 Å². The number of ether oxygens (including phenoxy) is 2. The van der Waals surface area contributed by atoms with Crippen LogP contribution in [0.3, 0.4) is 0 Å². The van der Waals surface area contributed by atoms with E-state index in [2.05, 4.69) is 13.2 Å². The van der Waals surface area contributed by atoms with E-state index in [-0.39, 0.29) is 36.6 Å². The van der Waals surface area contributed by atoms with Gasteiger partial charge in [0.1, 0.15) is 12.3 Å². The Morgan fingerprint density at radius 3 is 1.54 bits per heavy atom. The van der Waals surface area contributed by atoms with Gasteiger partial charge in [-0.15, -0.1) is 13.2 Å². The molecule has 4 atom stereocenters. The fraction of sp³-hybridized carbons (Fsp3) is 0.625. The lowest BCUT2D eigenvalue weighted by molar-refractivity contribution is 0.126. The Morgan fingerprint density at radius 1 is 0.833 bits per heavy atom. The van der Waals surface area contributed by atoms with E-state index in [9.17, 15) is 9.59 Å². The predicted molar refractivity (Wildman–Crippen MR) is 85.1 cm³/mol. The number of rotatable bonds is 8. The Kier molecular flexibility index (Phi) is 3.73. The van der Waals surface area contributed by atoms with E-state index in [1.807, 2.05) is 0 Å². The Labute approximate surface area is 140 Å². The van der Waals surface area contributed by atoms with Crippen LogP contribution in [0.1, 0.15) is 0 Å². The van der Waals surface area contributed by atoms with Crippen molar-refractivity contribution in [1.82, 2.24) is 19.6 Å². The molecule has 4 aliphatic heterocycles. The van der Waals surface area contributed by atoms with Crippen LogP contribution in [-0.4, -0.2) is 95.6 Å². The second-order valence-electron chi connectivity index (χ2n) is 6.49. The maximum Gasteiger partial charge on any atom is 0.324 e. The maximum absolute atomic E-state index is 13.0. The van der Waals surface area contributed by atoms with E-state index in [0.29, 0.717) is 39.4 Å². The first-order valence-electron chi connectivity index (χ1n) is 8.25. The minimum atomic E-state index is -0.328. The van der Waals surface area contributed by atoms with Crippen molar-refractivity contribution < 1.29 is 19.1 Å². The van der Waals surface area contributed by atoms with Gasteiger partial charge in [0.05, 0.1) is 38.5 Å². The normalized spacial score (nSPS) is 34.0. The first kappa shape index (κ1) is 15.5. The van der Waals surface area contributed by atoms with Gasteiger partial charge in [-0.05, 0) is 0 Å². The summed E-state index contributed by atoms with van der Waals surface area (Å²) in [5.74, 6) is 0. The molecule has 4 rings (SSSR count). The average molecular weight is 334 g/mol. The molecule has 0 radical (unpaired) electrons. The van der Waals surface area contributed by atoms with Crippen LogP contribution >= 0.6 is 0 Å². The summed E-state index contributed by atoms with van der Waals surface area (Å²) in [4.78, 5) is 32.7. The highest BCUT2D eigenvalue weighted by Crippen LogP contribution is 2.36. The number of carbonyl (C=O) groups excluding carboxylic acids is 2. The molecule has 4 amide bonds. The number of nitrogens with zero attached hydrogens (tertiary/aromatic N) is 4. The zero-order chi connectivity index (χ0) is 16.8. The SMILES string of the molecule is C=CCN1C(=O)N(CC=C)C2C1N(CC1CO1)C(=O)N2CC1CO1. The minimum Gasteiger partial charge on any atom is -0.371 e. The maximum atomic E-state index is 13.0. The predicted octanol–water partition coefficient (Wildman–Crippen LogP) is 0.283. The third kappa shape index (κ3) is 2.46. The molecule has 0 spiro atoms. The molecule has 0 N–H and O–H groups in total. The van der Waals surface area contributed by atoms with Gasteiger partial charge in [-0.1, -0.05) is 12.2 Å².